The molecular weight excluding hydrogens is 651 g/mol. The smallest absolute Gasteiger partial charge is 0.229 e. The topological polar surface area (TPSA) is 110 Å². The van der Waals surface area contributed by atoms with E-state index in [0.717, 1.165) is 70.4 Å². The number of para-hydroxylation sites is 1. The van der Waals surface area contributed by atoms with Gasteiger partial charge in [-0.3, -0.25) is 9.67 Å². The second kappa shape index (κ2) is 12.8. The number of halogens is 1. The molecule has 10 nitrogen and oxygen atoms in total. The fraction of sp³-hybridized carbons (Fsp3) is 0.333. The maximum Gasteiger partial charge on any atom is 0.229 e. The van der Waals surface area contributed by atoms with E-state index in [-0.39, 0.29) is 6.10 Å². The van der Waals surface area contributed by atoms with Crippen LogP contribution in [0, 0.1) is 0 Å². The first-order valence-electron chi connectivity index (χ1n) is 15.2. The van der Waals surface area contributed by atoms with Gasteiger partial charge in [-0.2, -0.15) is 10.1 Å². The third-order valence-corrected chi connectivity index (χ3v) is 9.84. The summed E-state index contributed by atoms with van der Waals surface area (Å²) in [5.41, 5.74) is 5.39. The van der Waals surface area contributed by atoms with E-state index in [1.165, 1.54) is 6.42 Å². The molecule has 234 valence electrons. The Morgan fingerprint density at radius 3 is 2.47 bits per heavy atom. The summed E-state index contributed by atoms with van der Waals surface area (Å²) in [6.45, 7) is 9.58. The van der Waals surface area contributed by atoms with Gasteiger partial charge in [0.2, 0.25) is 5.95 Å². The lowest BCUT2D eigenvalue weighted by atomic mass is 10.0. The van der Waals surface area contributed by atoms with Crippen LogP contribution in [0.2, 0.25) is 0 Å². The van der Waals surface area contributed by atoms with Gasteiger partial charge in [-0.25, -0.2) is 4.98 Å². The van der Waals surface area contributed by atoms with Crippen molar-refractivity contribution in [1.29, 1.82) is 0 Å². The van der Waals surface area contributed by atoms with Crippen molar-refractivity contribution < 1.29 is 9.30 Å². The van der Waals surface area contributed by atoms with E-state index in [1.54, 1.807) is 25.7 Å². The number of aromatic nitrogens is 5. The SMILES string of the molecule is CC(C)Oc1cc(N2CCCCC2)c(-c2cnn(C)c2)cc1Nc1ncc(Br)c(Nc2cnc3ccccc3c2P(C)(C)=O)n1. The predicted octanol–water partition coefficient (Wildman–Crippen LogP) is 7.70. The summed E-state index contributed by atoms with van der Waals surface area (Å²) in [5.74, 6) is 1.62. The van der Waals surface area contributed by atoms with Crippen LogP contribution in [0.5, 0.6) is 5.75 Å². The molecule has 0 saturated carbocycles. The minimum absolute atomic E-state index is 0.0373. The third kappa shape index (κ3) is 6.84. The van der Waals surface area contributed by atoms with Crippen molar-refractivity contribution in [1.82, 2.24) is 24.7 Å². The first-order valence-corrected chi connectivity index (χ1v) is 18.5. The average molecular weight is 690 g/mol. The highest BCUT2D eigenvalue weighted by molar-refractivity contribution is 9.10. The Labute approximate surface area is 272 Å². The van der Waals surface area contributed by atoms with Crippen LogP contribution >= 0.6 is 23.1 Å². The van der Waals surface area contributed by atoms with Crippen LogP contribution in [0.3, 0.4) is 0 Å². The number of hydrogen-bond donors (Lipinski definition) is 2. The third-order valence-electron chi connectivity index (χ3n) is 7.70. The molecule has 5 aromatic rings. The van der Waals surface area contributed by atoms with Gasteiger partial charge in [0.25, 0.3) is 0 Å². The number of benzene rings is 2. The van der Waals surface area contributed by atoms with Crippen LogP contribution in [0.25, 0.3) is 22.0 Å². The highest BCUT2D eigenvalue weighted by Gasteiger charge is 2.23. The lowest BCUT2D eigenvalue weighted by Gasteiger charge is -2.31. The van der Waals surface area contributed by atoms with E-state index in [0.29, 0.717) is 21.9 Å². The molecule has 0 amide bonds. The van der Waals surface area contributed by atoms with Crippen LogP contribution in [0.4, 0.5) is 28.8 Å². The fourth-order valence-electron chi connectivity index (χ4n) is 5.77. The monoisotopic (exact) mass is 688 g/mol. The Kier molecular flexibility index (Phi) is 8.84. The number of aryl methyl sites for hydroxylation is 1. The Bertz CT molecular complexity index is 1900. The number of piperidine rings is 1. The molecule has 0 unspecified atom stereocenters. The van der Waals surface area contributed by atoms with Gasteiger partial charge in [-0.05, 0) is 74.5 Å². The molecule has 2 N–H and O–H groups in total. The zero-order valence-corrected chi connectivity index (χ0v) is 28.7. The molecule has 3 aromatic heterocycles. The zero-order chi connectivity index (χ0) is 31.7. The minimum Gasteiger partial charge on any atom is -0.489 e. The molecule has 1 saturated heterocycles. The van der Waals surface area contributed by atoms with Crippen molar-refractivity contribution in [3.63, 3.8) is 0 Å². The van der Waals surface area contributed by atoms with E-state index in [4.69, 9.17) is 9.72 Å². The van der Waals surface area contributed by atoms with Crippen molar-refractivity contribution in [2.75, 3.05) is 42.0 Å². The van der Waals surface area contributed by atoms with Crippen LogP contribution < -0.4 is 25.6 Å². The second-order valence-corrected chi connectivity index (χ2v) is 16.0. The van der Waals surface area contributed by atoms with Crippen molar-refractivity contribution in [2.45, 2.75) is 39.2 Å². The molecule has 0 spiro atoms. The van der Waals surface area contributed by atoms with Crippen molar-refractivity contribution in [3.05, 3.63) is 65.7 Å². The van der Waals surface area contributed by atoms with Crippen LogP contribution in [0.15, 0.2) is 65.7 Å². The summed E-state index contributed by atoms with van der Waals surface area (Å²) in [6, 6.07) is 12.0. The van der Waals surface area contributed by atoms with E-state index in [9.17, 15) is 4.57 Å². The van der Waals surface area contributed by atoms with Gasteiger partial charge >= 0.3 is 0 Å². The largest absolute Gasteiger partial charge is 0.489 e. The van der Waals surface area contributed by atoms with Crippen LogP contribution in [0.1, 0.15) is 33.1 Å². The summed E-state index contributed by atoms with van der Waals surface area (Å²) in [7, 11) is -0.767. The second-order valence-electron chi connectivity index (χ2n) is 12.0. The Morgan fingerprint density at radius 1 is 0.978 bits per heavy atom. The molecular formula is C33H38BrN8O2P. The average Bonchev–Trinajstić information content (AvgIpc) is 3.44. The fourth-order valence-corrected chi connectivity index (χ4v) is 7.52. The van der Waals surface area contributed by atoms with Gasteiger partial charge < -0.3 is 24.8 Å². The predicted molar refractivity (Wildman–Crippen MR) is 188 cm³/mol. The number of ether oxygens (including phenoxy) is 1. The molecule has 0 radical (unpaired) electrons. The van der Waals surface area contributed by atoms with Gasteiger partial charge in [0.05, 0.1) is 39.9 Å². The first-order chi connectivity index (χ1) is 21.6. The van der Waals surface area contributed by atoms with Gasteiger partial charge in [-0.15, -0.1) is 0 Å². The molecule has 0 aliphatic carbocycles. The van der Waals surface area contributed by atoms with Crippen molar-refractivity contribution >= 4 is 68.1 Å². The zero-order valence-electron chi connectivity index (χ0n) is 26.2. The highest BCUT2D eigenvalue weighted by atomic mass is 79.9. The summed E-state index contributed by atoms with van der Waals surface area (Å²) < 4.78 is 22.3. The van der Waals surface area contributed by atoms with Crippen LogP contribution in [-0.4, -0.2) is 57.3 Å². The van der Waals surface area contributed by atoms with Gasteiger partial charge in [-0.1, -0.05) is 18.2 Å². The molecule has 1 aliphatic rings. The molecule has 0 bridgehead atoms. The minimum atomic E-state index is -2.69. The standard InChI is InChI=1S/C33H38BrN8O2P/c1-21(2)44-30-16-29(42-13-9-6-10-14-42)24(22-17-37-41(3)20-22)15-27(30)39-33-36-18-25(34)32(40-33)38-28-19-35-26-12-8-7-11-23(26)31(28)45(4,5)43/h7-8,11-12,15-21H,6,9-10,13-14H2,1-5H3,(H2,36,38,39,40). The number of nitrogens with one attached hydrogen (secondary N) is 2. The van der Waals surface area contributed by atoms with E-state index in [2.05, 4.69) is 58.7 Å². The maximum atomic E-state index is 13.5. The Morgan fingerprint density at radius 2 is 1.76 bits per heavy atom. The van der Waals surface area contributed by atoms with Crippen molar-refractivity contribution in [3.8, 4) is 16.9 Å². The van der Waals surface area contributed by atoms with Gasteiger partial charge in [0, 0.05) is 66.1 Å². The highest BCUT2D eigenvalue weighted by Crippen LogP contribution is 2.43. The number of rotatable bonds is 9. The van der Waals surface area contributed by atoms with E-state index < -0.39 is 7.14 Å². The maximum absolute atomic E-state index is 13.5. The number of pyridine rings is 1. The molecule has 4 heterocycles. The molecule has 2 aromatic carbocycles. The number of nitrogens with zero attached hydrogens (tertiary/aromatic N) is 6. The first kappa shape index (κ1) is 31.0. The lowest BCUT2D eigenvalue weighted by Crippen LogP contribution is -2.30. The van der Waals surface area contributed by atoms with Crippen molar-refractivity contribution in [2.24, 2.45) is 7.05 Å². The van der Waals surface area contributed by atoms with Gasteiger partial charge in [0.1, 0.15) is 18.7 Å². The normalized spacial score (nSPS) is 13.8. The molecule has 1 fully saturated rings. The summed E-state index contributed by atoms with van der Waals surface area (Å²) in [6.07, 6.45) is 10.9. The molecule has 45 heavy (non-hydrogen) atoms. The van der Waals surface area contributed by atoms with E-state index in [1.807, 2.05) is 62.2 Å². The quantitative estimate of drug-likeness (QED) is 0.151. The number of hydrogen-bond acceptors (Lipinski definition) is 9. The Hall–Kier alpha value is -3.95. The van der Waals surface area contributed by atoms with Crippen LogP contribution in [-0.2, 0) is 11.6 Å². The molecule has 12 heteroatoms. The van der Waals surface area contributed by atoms with Gasteiger partial charge in [0.15, 0.2) is 0 Å². The summed E-state index contributed by atoms with van der Waals surface area (Å²) in [5, 5.41) is 12.8. The lowest BCUT2D eigenvalue weighted by molar-refractivity contribution is 0.244. The number of anilines is 5. The molecule has 1 aliphatic heterocycles. The molecule has 0 atom stereocenters. The summed E-state index contributed by atoms with van der Waals surface area (Å²) >= 11 is 3.60. The summed E-state index contributed by atoms with van der Waals surface area (Å²) in [4.78, 5) is 16.5. The van der Waals surface area contributed by atoms with E-state index >= 15 is 0 Å². The number of fused-ring (bicyclic) bond motifs is 1. The molecule has 6 rings (SSSR count). The Balaban J connectivity index is 1.40.